The number of carbonyl (C=O) groups excluding carboxylic acids is 1. The largest absolute Gasteiger partial charge is 0.336 e. The Morgan fingerprint density at radius 3 is 2.50 bits per heavy atom. The van der Waals surface area contributed by atoms with Gasteiger partial charge in [-0.1, -0.05) is 25.1 Å². The number of nitrogens with zero attached hydrogens (tertiary/aromatic N) is 1. The van der Waals surface area contributed by atoms with E-state index in [0.717, 1.165) is 13.1 Å². The van der Waals surface area contributed by atoms with Gasteiger partial charge in [0.2, 0.25) is 5.91 Å². The predicted molar refractivity (Wildman–Crippen MR) is 77.6 cm³/mol. The van der Waals surface area contributed by atoms with Crippen LogP contribution in [0.3, 0.4) is 0 Å². The summed E-state index contributed by atoms with van der Waals surface area (Å²) in [6.45, 7) is 8.07. The van der Waals surface area contributed by atoms with Crippen LogP contribution in [0.1, 0.15) is 26.3 Å². The van der Waals surface area contributed by atoms with Gasteiger partial charge in [0.05, 0.1) is 0 Å². The molecule has 1 aromatic rings. The van der Waals surface area contributed by atoms with Crippen molar-refractivity contribution < 1.29 is 9.18 Å². The van der Waals surface area contributed by atoms with Crippen LogP contribution in [0.4, 0.5) is 4.39 Å². The summed E-state index contributed by atoms with van der Waals surface area (Å²) in [4.78, 5) is 14.4. The molecule has 0 saturated carbocycles. The fourth-order valence-corrected chi connectivity index (χ4v) is 2.45. The van der Waals surface area contributed by atoms with Crippen molar-refractivity contribution in [1.82, 2.24) is 10.2 Å². The van der Waals surface area contributed by atoms with E-state index < -0.39 is 0 Å². The first-order valence-electron chi connectivity index (χ1n) is 7.25. The Labute approximate surface area is 120 Å². The summed E-state index contributed by atoms with van der Waals surface area (Å²) < 4.78 is 13.8. The number of amides is 1. The number of hydrogen-bond donors (Lipinski definition) is 1. The second-order valence-corrected chi connectivity index (χ2v) is 5.86. The molecule has 1 fully saturated rings. The monoisotopic (exact) mass is 278 g/mol. The van der Waals surface area contributed by atoms with Crippen molar-refractivity contribution in [1.29, 1.82) is 0 Å². The van der Waals surface area contributed by atoms with Crippen LogP contribution in [-0.4, -0.2) is 29.9 Å². The van der Waals surface area contributed by atoms with Gasteiger partial charge in [0, 0.05) is 24.1 Å². The first kappa shape index (κ1) is 15.0. The standard InChI is InChI=1S/C16H23FN2O/c1-11(2)19(10-13-6-4-5-7-15(13)17)16(20)12(3)14-8-18-9-14/h4-7,11-12,14,18H,8-10H2,1-3H3. The molecule has 1 unspecified atom stereocenters. The summed E-state index contributed by atoms with van der Waals surface area (Å²) in [7, 11) is 0. The quantitative estimate of drug-likeness (QED) is 0.897. The van der Waals surface area contributed by atoms with Gasteiger partial charge in [0.1, 0.15) is 5.82 Å². The molecule has 1 heterocycles. The number of carbonyl (C=O) groups is 1. The van der Waals surface area contributed by atoms with Crippen LogP contribution in [0.15, 0.2) is 24.3 Å². The highest BCUT2D eigenvalue weighted by Crippen LogP contribution is 2.21. The average molecular weight is 278 g/mol. The van der Waals surface area contributed by atoms with Crippen molar-refractivity contribution in [3.05, 3.63) is 35.6 Å². The van der Waals surface area contributed by atoms with Gasteiger partial charge in [0.25, 0.3) is 0 Å². The van der Waals surface area contributed by atoms with Crippen LogP contribution in [0.25, 0.3) is 0 Å². The maximum atomic E-state index is 13.8. The zero-order chi connectivity index (χ0) is 14.7. The van der Waals surface area contributed by atoms with E-state index in [2.05, 4.69) is 5.32 Å². The molecule has 0 bridgehead atoms. The Balaban J connectivity index is 2.10. The van der Waals surface area contributed by atoms with Gasteiger partial charge in [-0.3, -0.25) is 4.79 Å². The molecule has 1 aromatic carbocycles. The van der Waals surface area contributed by atoms with Crippen LogP contribution < -0.4 is 5.32 Å². The van der Waals surface area contributed by atoms with Gasteiger partial charge >= 0.3 is 0 Å². The molecular weight excluding hydrogens is 255 g/mol. The molecule has 1 aliphatic heterocycles. The highest BCUT2D eigenvalue weighted by Gasteiger charge is 2.32. The molecule has 0 aliphatic carbocycles. The average Bonchev–Trinajstić information content (AvgIpc) is 2.34. The van der Waals surface area contributed by atoms with Crippen LogP contribution in [0.5, 0.6) is 0 Å². The molecule has 110 valence electrons. The third-order valence-corrected chi connectivity index (χ3v) is 4.11. The highest BCUT2D eigenvalue weighted by atomic mass is 19.1. The summed E-state index contributed by atoms with van der Waals surface area (Å²) in [5.41, 5.74) is 0.577. The van der Waals surface area contributed by atoms with Crippen molar-refractivity contribution in [2.75, 3.05) is 13.1 Å². The molecule has 1 atom stereocenters. The van der Waals surface area contributed by atoms with Crippen molar-refractivity contribution in [3.8, 4) is 0 Å². The Hall–Kier alpha value is -1.42. The Morgan fingerprint density at radius 1 is 1.35 bits per heavy atom. The zero-order valence-electron chi connectivity index (χ0n) is 12.4. The highest BCUT2D eigenvalue weighted by molar-refractivity contribution is 5.79. The maximum Gasteiger partial charge on any atom is 0.226 e. The third kappa shape index (κ3) is 3.18. The third-order valence-electron chi connectivity index (χ3n) is 4.11. The molecule has 20 heavy (non-hydrogen) atoms. The first-order chi connectivity index (χ1) is 9.50. The summed E-state index contributed by atoms with van der Waals surface area (Å²) in [5, 5.41) is 3.19. The fraction of sp³-hybridized carbons (Fsp3) is 0.562. The number of hydrogen-bond acceptors (Lipinski definition) is 2. The number of nitrogens with one attached hydrogen (secondary N) is 1. The molecule has 4 heteroatoms. The minimum Gasteiger partial charge on any atom is -0.336 e. The van der Waals surface area contributed by atoms with Crippen molar-refractivity contribution >= 4 is 5.91 Å². The van der Waals surface area contributed by atoms with Crippen LogP contribution in [0.2, 0.25) is 0 Å². The molecular formula is C16H23FN2O. The minimum absolute atomic E-state index is 0.00887. The van der Waals surface area contributed by atoms with Gasteiger partial charge in [-0.2, -0.15) is 0 Å². The summed E-state index contributed by atoms with van der Waals surface area (Å²) >= 11 is 0. The van der Waals surface area contributed by atoms with E-state index in [1.165, 1.54) is 6.07 Å². The second kappa shape index (κ2) is 6.35. The SMILES string of the molecule is CC(C(=O)N(Cc1ccccc1F)C(C)C)C1CNC1. The van der Waals surface area contributed by atoms with Crippen LogP contribution in [0, 0.1) is 17.7 Å². The van der Waals surface area contributed by atoms with E-state index in [9.17, 15) is 9.18 Å². The lowest BCUT2D eigenvalue weighted by molar-refractivity contribution is -0.139. The lowest BCUT2D eigenvalue weighted by Crippen LogP contribution is -2.51. The van der Waals surface area contributed by atoms with Gasteiger partial charge in [-0.15, -0.1) is 0 Å². The number of halogens is 1. The smallest absolute Gasteiger partial charge is 0.226 e. The van der Waals surface area contributed by atoms with Crippen molar-refractivity contribution in [3.63, 3.8) is 0 Å². The normalized spacial score (nSPS) is 16.9. The predicted octanol–water partition coefficient (Wildman–Crippen LogP) is 2.42. The van der Waals surface area contributed by atoms with E-state index in [1.54, 1.807) is 23.1 Å². The molecule has 2 rings (SSSR count). The molecule has 1 amide bonds. The topological polar surface area (TPSA) is 32.3 Å². The molecule has 1 aliphatic rings. The first-order valence-corrected chi connectivity index (χ1v) is 7.25. The second-order valence-electron chi connectivity index (χ2n) is 5.86. The molecule has 0 aromatic heterocycles. The molecule has 0 radical (unpaired) electrons. The van der Waals surface area contributed by atoms with Gasteiger partial charge < -0.3 is 10.2 Å². The molecule has 3 nitrogen and oxygen atoms in total. The van der Waals surface area contributed by atoms with Crippen LogP contribution in [-0.2, 0) is 11.3 Å². The Kier molecular flexibility index (Phi) is 4.76. The van der Waals surface area contributed by atoms with Gasteiger partial charge in [-0.05, 0) is 38.9 Å². The van der Waals surface area contributed by atoms with E-state index in [0.29, 0.717) is 18.0 Å². The minimum atomic E-state index is -0.246. The Bertz CT molecular complexity index is 471. The summed E-state index contributed by atoms with van der Waals surface area (Å²) in [6.07, 6.45) is 0. The molecule has 1 N–H and O–H groups in total. The van der Waals surface area contributed by atoms with E-state index in [1.807, 2.05) is 20.8 Å². The summed E-state index contributed by atoms with van der Waals surface area (Å²) in [6, 6.07) is 6.73. The van der Waals surface area contributed by atoms with Crippen molar-refractivity contribution in [2.45, 2.75) is 33.4 Å². The zero-order valence-corrected chi connectivity index (χ0v) is 12.4. The van der Waals surface area contributed by atoms with Gasteiger partial charge in [-0.25, -0.2) is 4.39 Å². The molecule has 0 spiro atoms. The fourth-order valence-electron chi connectivity index (χ4n) is 2.45. The Morgan fingerprint density at radius 2 is 2.00 bits per heavy atom. The van der Waals surface area contributed by atoms with E-state index >= 15 is 0 Å². The van der Waals surface area contributed by atoms with Crippen LogP contribution >= 0.6 is 0 Å². The van der Waals surface area contributed by atoms with E-state index in [4.69, 9.17) is 0 Å². The van der Waals surface area contributed by atoms with E-state index in [-0.39, 0.29) is 23.7 Å². The van der Waals surface area contributed by atoms with Crippen molar-refractivity contribution in [2.24, 2.45) is 11.8 Å². The lowest BCUT2D eigenvalue weighted by Gasteiger charge is -2.36. The molecule has 1 saturated heterocycles. The number of rotatable bonds is 5. The summed E-state index contributed by atoms with van der Waals surface area (Å²) in [5.74, 6) is 0.272. The van der Waals surface area contributed by atoms with Gasteiger partial charge in [0.15, 0.2) is 0 Å². The number of benzene rings is 1. The lowest BCUT2D eigenvalue weighted by atomic mass is 9.87. The maximum absolute atomic E-state index is 13.8.